The molecule has 1 atom stereocenters. The van der Waals surface area contributed by atoms with E-state index in [2.05, 4.69) is 10.6 Å². The van der Waals surface area contributed by atoms with Gasteiger partial charge in [-0.25, -0.2) is 4.39 Å². The molecule has 1 saturated carbocycles. The van der Waals surface area contributed by atoms with Gasteiger partial charge in [-0.3, -0.25) is 0 Å². The second-order valence-corrected chi connectivity index (χ2v) is 4.77. The van der Waals surface area contributed by atoms with Gasteiger partial charge in [-0.2, -0.15) is 0 Å². The highest BCUT2D eigenvalue weighted by Gasteiger charge is 2.26. The number of anilines is 1. The summed E-state index contributed by atoms with van der Waals surface area (Å²) < 4.78 is 13.6. The first-order valence-corrected chi connectivity index (χ1v) is 6.13. The van der Waals surface area contributed by atoms with Gasteiger partial charge >= 0.3 is 0 Å². The first kappa shape index (κ1) is 10.1. The van der Waals surface area contributed by atoms with Crippen LogP contribution >= 0.6 is 0 Å². The van der Waals surface area contributed by atoms with Crippen LogP contribution in [-0.4, -0.2) is 12.6 Å². The minimum Gasteiger partial charge on any atom is -0.382 e. The number of nitrogens with one attached hydrogen (secondary N) is 2. The highest BCUT2D eigenvalue weighted by Crippen LogP contribution is 2.33. The van der Waals surface area contributed by atoms with Gasteiger partial charge in [0.05, 0.1) is 5.69 Å². The molecule has 16 heavy (non-hydrogen) atoms. The molecule has 0 radical (unpaired) electrons. The van der Waals surface area contributed by atoms with E-state index in [0.717, 1.165) is 18.5 Å². The first-order chi connectivity index (χ1) is 7.84. The number of rotatable bonds is 2. The van der Waals surface area contributed by atoms with Crippen LogP contribution in [0.2, 0.25) is 0 Å². The molecule has 0 aromatic heterocycles. The minimum absolute atomic E-state index is 0.127. The maximum Gasteiger partial charge on any atom is 0.146 e. The molecule has 2 aliphatic rings. The van der Waals surface area contributed by atoms with Crippen LogP contribution in [0.5, 0.6) is 0 Å². The fraction of sp³-hybridized carbons (Fsp3) is 0.538. The lowest BCUT2D eigenvalue weighted by Crippen LogP contribution is -2.40. The lowest BCUT2D eigenvalue weighted by Gasteiger charge is -2.35. The quantitative estimate of drug-likeness (QED) is 0.800. The Balaban J connectivity index is 1.84. The van der Waals surface area contributed by atoms with Crippen LogP contribution in [0, 0.1) is 5.82 Å². The minimum atomic E-state index is -0.127. The molecule has 1 aliphatic heterocycles. The Hall–Kier alpha value is -1.09. The molecule has 0 bridgehead atoms. The monoisotopic (exact) mass is 220 g/mol. The van der Waals surface area contributed by atoms with Gasteiger partial charge in [-0.15, -0.1) is 0 Å². The Morgan fingerprint density at radius 2 is 2.12 bits per heavy atom. The summed E-state index contributed by atoms with van der Waals surface area (Å²) in [5, 5.41) is 6.79. The van der Waals surface area contributed by atoms with Gasteiger partial charge in [0, 0.05) is 18.6 Å². The predicted molar refractivity (Wildman–Crippen MR) is 63.0 cm³/mol. The van der Waals surface area contributed by atoms with Crippen molar-refractivity contribution >= 4 is 5.69 Å². The lowest BCUT2D eigenvalue weighted by molar-refractivity contribution is 0.298. The molecule has 0 saturated heterocycles. The predicted octanol–water partition coefficient (Wildman–Crippen LogP) is 2.82. The zero-order chi connectivity index (χ0) is 11.0. The highest BCUT2D eigenvalue weighted by atomic mass is 19.1. The van der Waals surface area contributed by atoms with Gasteiger partial charge in [0.25, 0.3) is 0 Å². The van der Waals surface area contributed by atoms with Crippen LogP contribution in [0.1, 0.15) is 37.3 Å². The van der Waals surface area contributed by atoms with Crippen LogP contribution in [-0.2, 0) is 0 Å². The third-order valence-electron chi connectivity index (χ3n) is 3.70. The molecular weight excluding hydrogens is 203 g/mol. The van der Waals surface area contributed by atoms with Crippen LogP contribution in [0.3, 0.4) is 0 Å². The van der Waals surface area contributed by atoms with E-state index in [1.54, 1.807) is 6.07 Å². The summed E-state index contributed by atoms with van der Waals surface area (Å²) in [4.78, 5) is 0. The molecule has 1 aromatic rings. The molecule has 1 fully saturated rings. The molecular formula is C13H17FN2. The Morgan fingerprint density at radius 1 is 1.25 bits per heavy atom. The number of hydrogen-bond acceptors (Lipinski definition) is 2. The largest absolute Gasteiger partial charge is 0.382 e. The SMILES string of the molecule is Fc1cccc2c1NCCC2NC1CCC1. The van der Waals surface area contributed by atoms with E-state index in [1.165, 1.54) is 25.3 Å². The molecule has 86 valence electrons. The average Bonchev–Trinajstić information content (AvgIpc) is 2.24. The number of halogens is 1. The second-order valence-electron chi connectivity index (χ2n) is 4.77. The van der Waals surface area contributed by atoms with E-state index < -0.39 is 0 Å². The molecule has 1 heterocycles. The molecule has 2 N–H and O–H groups in total. The van der Waals surface area contributed by atoms with Crippen molar-refractivity contribution in [3.63, 3.8) is 0 Å². The third kappa shape index (κ3) is 1.69. The molecule has 1 unspecified atom stereocenters. The van der Waals surface area contributed by atoms with Gasteiger partial charge in [-0.1, -0.05) is 18.6 Å². The number of benzene rings is 1. The van der Waals surface area contributed by atoms with Crippen molar-refractivity contribution in [2.75, 3.05) is 11.9 Å². The Morgan fingerprint density at radius 3 is 2.88 bits per heavy atom. The fourth-order valence-corrected chi connectivity index (χ4v) is 2.55. The van der Waals surface area contributed by atoms with Gasteiger partial charge in [0.15, 0.2) is 0 Å². The molecule has 3 rings (SSSR count). The van der Waals surface area contributed by atoms with Gasteiger partial charge < -0.3 is 10.6 Å². The first-order valence-electron chi connectivity index (χ1n) is 6.13. The van der Waals surface area contributed by atoms with Crippen LogP contribution < -0.4 is 10.6 Å². The molecule has 0 amide bonds. The van der Waals surface area contributed by atoms with Crippen molar-refractivity contribution in [3.05, 3.63) is 29.6 Å². The Bertz CT molecular complexity index is 388. The maximum atomic E-state index is 13.6. The highest BCUT2D eigenvalue weighted by molar-refractivity contribution is 5.55. The summed E-state index contributed by atoms with van der Waals surface area (Å²) in [7, 11) is 0. The molecule has 3 heteroatoms. The average molecular weight is 220 g/mol. The van der Waals surface area contributed by atoms with E-state index in [-0.39, 0.29) is 5.82 Å². The summed E-state index contributed by atoms with van der Waals surface area (Å²) in [6.45, 7) is 0.859. The number of para-hydroxylation sites is 1. The third-order valence-corrected chi connectivity index (χ3v) is 3.70. The van der Waals surface area contributed by atoms with E-state index >= 15 is 0 Å². The van der Waals surface area contributed by atoms with Crippen molar-refractivity contribution in [3.8, 4) is 0 Å². The normalized spacial score (nSPS) is 24.4. The molecule has 1 aromatic carbocycles. The number of fused-ring (bicyclic) bond motifs is 1. The Labute approximate surface area is 95.2 Å². The second kappa shape index (κ2) is 4.06. The van der Waals surface area contributed by atoms with E-state index in [0.29, 0.717) is 17.8 Å². The smallest absolute Gasteiger partial charge is 0.146 e. The van der Waals surface area contributed by atoms with E-state index in [9.17, 15) is 4.39 Å². The summed E-state index contributed by atoms with van der Waals surface area (Å²) in [6.07, 6.45) is 4.93. The van der Waals surface area contributed by atoms with Crippen molar-refractivity contribution in [1.29, 1.82) is 0 Å². The number of hydrogen-bond donors (Lipinski definition) is 2. The molecule has 0 spiro atoms. The summed E-state index contributed by atoms with van der Waals surface area (Å²) in [5.41, 5.74) is 1.80. The van der Waals surface area contributed by atoms with Crippen LogP contribution in [0.4, 0.5) is 10.1 Å². The standard InChI is InChI=1S/C13H17FN2/c14-11-6-2-5-10-12(7-8-15-13(10)11)16-9-3-1-4-9/h2,5-6,9,12,15-16H,1,3-4,7-8H2. The van der Waals surface area contributed by atoms with E-state index in [1.807, 2.05) is 6.07 Å². The van der Waals surface area contributed by atoms with Crippen LogP contribution in [0.15, 0.2) is 18.2 Å². The Kier molecular flexibility index (Phi) is 2.56. The molecule has 2 nitrogen and oxygen atoms in total. The van der Waals surface area contributed by atoms with Crippen molar-refractivity contribution in [2.45, 2.75) is 37.8 Å². The fourth-order valence-electron chi connectivity index (χ4n) is 2.55. The van der Waals surface area contributed by atoms with E-state index in [4.69, 9.17) is 0 Å². The maximum absolute atomic E-state index is 13.6. The summed E-state index contributed by atoms with van der Waals surface area (Å²) in [5.74, 6) is -0.127. The van der Waals surface area contributed by atoms with Crippen molar-refractivity contribution in [1.82, 2.24) is 5.32 Å². The zero-order valence-corrected chi connectivity index (χ0v) is 9.30. The topological polar surface area (TPSA) is 24.1 Å². The summed E-state index contributed by atoms with van der Waals surface area (Å²) >= 11 is 0. The molecule has 1 aliphatic carbocycles. The lowest BCUT2D eigenvalue weighted by atomic mass is 9.89. The zero-order valence-electron chi connectivity index (χ0n) is 9.30. The van der Waals surface area contributed by atoms with Gasteiger partial charge in [0.2, 0.25) is 0 Å². The van der Waals surface area contributed by atoms with Gasteiger partial charge in [-0.05, 0) is 30.9 Å². The van der Waals surface area contributed by atoms with Crippen LogP contribution in [0.25, 0.3) is 0 Å². The van der Waals surface area contributed by atoms with Crippen molar-refractivity contribution in [2.24, 2.45) is 0 Å². The summed E-state index contributed by atoms with van der Waals surface area (Å²) in [6, 6.07) is 6.34. The van der Waals surface area contributed by atoms with Gasteiger partial charge in [0.1, 0.15) is 5.82 Å². The van der Waals surface area contributed by atoms with Crippen molar-refractivity contribution < 1.29 is 4.39 Å².